The van der Waals surface area contributed by atoms with Crippen LogP contribution in [0.2, 0.25) is 0 Å². The maximum absolute atomic E-state index is 9.08. The van der Waals surface area contributed by atoms with Crippen molar-refractivity contribution in [3.8, 4) is 0 Å². The van der Waals surface area contributed by atoms with Crippen molar-refractivity contribution in [2.45, 2.75) is 74.3 Å². The van der Waals surface area contributed by atoms with E-state index in [0.29, 0.717) is 11.3 Å². The maximum Gasteiger partial charge on any atom is 0.0681 e. The Bertz CT molecular complexity index is 368. The molecule has 1 aromatic carbocycles. The lowest BCUT2D eigenvalue weighted by atomic mass is 9.67. The van der Waals surface area contributed by atoms with Gasteiger partial charge in [-0.05, 0) is 34.3 Å². The van der Waals surface area contributed by atoms with Gasteiger partial charge in [-0.25, -0.2) is 0 Å². The summed E-state index contributed by atoms with van der Waals surface area (Å²) in [7, 11) is 0. The number of hydrogen-bond acceptors (Lipinski definition) is 1. The van der Waals surface area contributed by atoms with Gasteiger partial charge in [0.1, 0.15) is 0 Å². The van der Waals surface area contributed by atoms with Crippen LogP contribution in [0.1, 0.15) is 78.9 Å². The molecule has 1 N–H and O–H groups in total. The summed E-state index contributed by atoms with van der Waals surface area (Å²) in [6.07, 6.45) is 1.20. The Morgan fingerprint density at radius 3 is 1.75 bits per heavy atom. The molecule has 1 rings (SSSR count). The van der Waals surface area contributed by atoms with Gasteiger partial charge in [-0.3, -0.25) is 0 Å². The molecule has 0 saturated heterocycles. The van der Waals surface area contributed by atoms with Crippen LogP contribution in [-0.2, 0) is 6.61 Å². The van der Waals surface area contributed by atoms with E-state index in [1.165, 1.54) is 12.0 Å². The predicted molar refractivity (Wildman–Crippen MR) is 90.0 cm³/mol. The second-order valence-electron chi connectivity index (χ2n) is 7.35. The molecule has 0 spiro atoms. The first-order chi connectivity index (χ1) is 9.15. The first-order valence-corrected chi connectivity index (χ1v) is 7.85. The molecule has 0 saturated carbocycles. The number of hydrogen-bond donors (Lipinski definition) is 1. The summed E-state index contributed by atoms with van der Waals surface area (Å²) in [6.45, 7) is 18.0. The van der Waals surface area contributed by atoms with Crippen molar-refractivity contribution in [2.75, 3.05) is 0 Å². The van der Waals surface area contributed by atoms with E-state index < -0.39 is 0 Å². The predicted octanol–water partition coefficient (Wildman–Crippen LogP) is 5.77. The van der Waals surface area contributed by atoms with Crippen molar-refractivity contribution in [1.29, 1.82) is 0 Å². The van der Waals surface area contributed by atoms with Crippen molar-refractivity contribution in [3.63, 3.8) is 0 Å². The fraction of sp³-hybridized carbons (Fsp3) is 0.684. The minimum absolute atomic E-state index is 0.125. The fourth-order valence-corrected chi connectivity index (χ4v) is 2.88. The average molecular weight is 278 g/mol. The molecule has 0 aliphatic rings. The minimum atomic E-state index is 0.125. The smallest absolute Gasteiger partial charge is 0.0681 e. The molecule has 1 heteroatoms. The van der Waals surface area contributed by atoms with E-state index in [0.717, 1.165) is 5.56 Å². The Morgan fingerprint density at radius 1 is 0.950 bits per heavy atom. The first-order valence-electron chi connectivity index (χ1n) is 7.85. The van der Waals surface area contributed by atoms with Gasteiger partial charge in [0.15, 0.2) is 0 Å². The van der Waals surface area contributed by atoms with Crippen LogP contribution >= 0.6 is 0 Å². The van der Waals surface area contributed by atoms with Crippen LogP contribution in [0.4, 0.5) is 0 Å². The first kappa shape index (κ1) is 19.2. The van der Waals surface area contributed by atoms with Gasteiger partial charge in [0.25, 0.3) is 0 Å². The van der Waals surface area contributed by atoms with E-state index >= 15 is 0 Å². The van der Waals surface area contributed by atoms with Gasteiger partial charge in [0, 0.05) is 0 Å². The summed E-state index contributed by atoms with van der Waals surface area (Å²) >= 11 is 0. The minimum Gasteiger partial charge on any atom is -0.392 e. The highest BCUT2D eigenvalue weighted by molar-refractivity contribution is 5.26. The van der Waals surface area contributed by atoms with E-state index in [2.05, 4.69) is 53.7 Å². The maximum atomic E-state index is 9.08. The summed E-state index contributed by atoms with van der Waals surface area (Å²) in [4.78, 5) is 0. The quantitative estimate of drug-likeness (QED) is 0.741. The lowest BCUT2D eigenvalue weighted by Crippen LogP contribution is -2.26. The molecule has 0 aliphatic carbocycles. The third kappa shape index (κ3) is 6.09. The zero-order valence-corrected chi connectivity index (χ0v) is 14.7. The Labute approximate surface area is 126 Å². The largest absolute Gasteiger partial charge is 0.392 e. The highest BCUT2D eigenvalue weighted by atomic mass is 16.3. The second-order valence-corrected chi connectivity index (χ2v) is 7.35. The van der Waals surface area contributed by atoms with Crippen LogP contribution < -0.4 is 0 Å². The van der Waals surface area contributed by atoms with Crippen molar-refractivity contribution >= 4 is 0 Å². The summed E-state index contributed by atoms with van der Waals surface area (Å²) in [6, 6.07) is 8.36. The molecule has 0 radical (unpaired) electrons. The van der Waals surface area contributed by atoms with Crippen molar-refractivity contribution < 1.29 is 5.11 Å². The molecule has 0 heterocycles. The molecule has 1 atom stereocenters. The molecule has 116 valence electrons. The van der Waals surface area contributed by atoms with Gasteiger partial charge in [0.05, 0.1) is 6.61 Å². The van der Waals surface area contributed by atoms with Crippen LogP contribution in [0.25, 0.3) is 0 Å². The van der Waals surface area contributed by atoms with Gasteiger partial charge in [-0.15, -0.1) is 0 Å². The fourth-order valence-electron chi connectivity index (χ4n) is 2.88. The standard InChI is InChI=1S/C17H28O.C2H6/c1-13(17(5,6)12-16(2,3)4)15-9-7-14(11-18)8-10-15;1-2/h7-10,13,18H,11-12H2,1-6H3;1-2H3. The third-order valence-corrected chi connectivity index (χ3v) is 3.82. The van der Waals surface area contributed by atoms with Gasteiger partial charge < -0.3 is 5.11 Å². The number of benzene rings is 1. The van der Waals surface area contributed by atoms with Crippen LogP contribution in [0.3, 0.4) is 0 Å². The van der Waals surface area contributed by atoms with Gasteiger partial charge in [-0.2, -0.15) is 0 Å². The number of aliphatic hydroxyl groups excluding tert-OH is 1. The molecule has 1 unspecified atom stereocenters. The molecule has 0 aromatic heterocycles. The molecular weight excluding hydrogens is 244 g/mol. The highest BCUT2D eigenvalue weighted by Crippen LogP contribution is 2.43. The molecule has 0 aliphatic heterocycles. The molecular formula is C19H34O. The van der Waals surface area contributed by atoms with Crippen molar-refractivity contribution in [2.24, 2.45) is 10.8 Å². The highest BCUT2D eigenvalue weighted by Gasteiger charge is 2.31. The molecule has 20 heavy (non-hydrogen) atoms. The van der Waals surface area contributed by atoms with E-state index in [1.807, 2.05) is 26.0 Å². The van der Waals surface area contributed by atoms with Crippen molar-refractivity contribution in [3.05, 3.63) is 35.4 Å². The lowest BCUT2D eigenvalue weighted by molar-refractivity contribution is 0.181. The Balaban J connectivity index is 0.00000172. The SMILES string of the molecule is CC.CC(c1ccc(CO)cc1)C(C)(C)CC(C)(C)C. The zero-order valence-electron chi connectivity index (χ0n) is 14.7. The van der Waals surface area contributed by atoms with Gasteiger partial charge >= 0.3 is 0 Å². The normalized spacial score (nSPS) is 13.4. The van der Waals surface area contributed by atoms with Crippen LogP contribution in [0.5, 0.6) is 0 Å². The third-order valence-electron chi connectivity index (χ3n) is 3.82. The Kier molecular flexibility index (Phi) is 7.51. The van der Waals surface area contributed by atoms with Gasteiger partial charge in [0.2, 0.25) is 0 Å². The van der Waals surface area contributed by atoms with E-state index in [-0.39, 0.29) is 12.0 Å². The van der Waals surface area contributed by atoms with E-state index in [9.17, 15) is 0 Å². The topological polar surface area (TPSA) is 20.2 Å². The van der Waals surface area contributed by atoms with E-state index in [4.69, 9.17) is 5.11 Å². The van der Waals surface area contributed by atoms with Crippen LogP contribution in [0.15, 0.2) is 24.3 Å². The number of rotatable bonds is 4. The van der Waals surface area contributed by atoms with Crippen LogP contribution in [-0.4, -0.2) is 5.11 Å². The second kappa shape index (κ2) is 7.83. The lowest BCUT2D eigenvalue weighted by Gasteiger charge is -2.38. The molecule has 1 aromatic rings. The van der Waals surface area contributed by atoms with Crippen LogP contribution in [0, 0.1) is 10.8 Å². The Morgan fingerprint density at radius 2 is 1.40 bits per heavy atom. The molecule has 0 amide bonds. The Hall–Kier alpha value is -0.820. The van der Waals surface area contributed by atoms with E-state index in [1.54, 1.807) is 0 Å². The monoisotopic (exact) mass is 278 g/mol. The average Bonchev–Trinajstić information content (AvgIpc) is 2.37. The number of aliphatic hydroxyl groups is 1. The summed E-state index contributed by atoms with van der Waals surface area (Å²) in [5.74, 6) is 0.518. The summed E-state index contributed by atoms with van der Waals surface area (Å²) < 4.78 is 0. The van der Waals surface area contributed by atoms with Gasteiger partial charge in [-0.1, -0.05) is 79.7 Å². The molecule has 0 bridgehead atoms. The zero-order chi connectivity index (χ0) is 16.0. The molecule has 0 fully saturated rings. The summed E-state index contributed by atoms with van der Waals surface area (Å²) in [5.41, 5.74) is 2.97. The molecule has 1 nitrogen and oxygen atoms in total. The van der Waals surface area contributed by atoms with Crippen molar-refractivity contribution in [1.82, 2.24) is 0 Å². The summed E-state index contributed by atoms with van der Waals surface area (Å²) in [5, 5.41) is 9.08.